The molecule has 2 N–H and O–H groups in total. The monoisotopic (exact) mass is 274 g/mol. The SMILES string of the molecule is CCCCOc1ccc(C(=O)NC2C3CNCC32)cc1. The lowest BCUT2D eigenvalue weighted by molar-refractivity contribution is 0.0946. The molecule has 1 aliphatic carbocycles. The van der Waals surface area contributed by atoms with Crippen molar-refractivity contribution >= 4 is 5.91 Å². The lowest BCUT2D eigenvalue weighted by Gasteiger charge is -2.09. The summed E-state index contributed by atoms with van der Waals surface area (Å²) in [4.78, 5) is 12.1. The van der Waals surface area contributed by atoms with Crippen LogP contribution in [-0.2, 0) is 0 Å². The molecule has 1 amide bonds. The number of amides is 1. The van der Waals surface area contributed by atoms with Crippen molar-refractivity contribution in [2.75, 3.05) is 19.7 Å². The van der Waals surface area contributed by atoms with Gasteiger partial charge in [0.05, 0.1) is 6.61 Å². The van der Waals surface area contributed by atoms with Crippen molar-refractivity contribution in [1.29, 1.82) is 0 Å². The second-order valence-corrected chi connectivity index (χ2v) is 5.71. The largest absolute Gasteiger partial charge is 0.494 e. The van der Waals surface area contributed by atoms with Crippen LogP contribution in [0.1, 0.15) is 30.1 Å². The third-order valence-electron chi connectivity index (χ3n) is 4.27. The molecule has 1 saturated carbocycles. The first-order valence-corrected chi connectivity index (χ1v) is 7.54. The van der Waals surface area contributed by atoms with E-state index in [0.29, 0.717) is 23.4 Å². The predicted molar refractivity (Wildman–Crippen MR) is 77.9 cm³/mol. The standard InChI is InChI=1S/C16H22N2O2/c1-2-3-8-20-12-6-4-11(5-7-12)16(19)18-15-13-9-17-10-14(13)15/h4-7,13-15,17H,2-3,8-10H2,1H3,(H,18,19). The molecule has 0 aromatic heterocycles. The van der Waals surface area contributed by atoms with E-state index >= 15 is 0 Å². The van der Waals surface area contributed by atoms with E-state index < -0.39 is 0 Å². The summed E-state index contributed by atoms with van der Waals surface area (Å²) < 4.78 is 5.60. The highest BCUT2D eigenvalue weighted by Crippen LogP contribution is 2.41. The van der Waals surface area contributed by atoms with Crippen molar-refractivity contribution < 1.29 is 9.53 Å². The number of fused-ring (bicyclic) bond motifs is 1. The van der Waals surface area contributed by atoms with Crippen LogP contribution in [0.15, 0.2) is 24.3 Å². The van der Waals surface area contributed by atoms with Crippen LogP contribution in [-0.4, -0.2) is 31.6 Å². The number of rotatable bonds is 6. The number of unbranched alkanes of at least 4 members (excludes halogenated alkanes) is 1. The number of benzene rings is 1. The molecule has 0 bridgehead atoms. The van der Waals surface area contributed by atoms with Gasteiger partial charge in [-0.3, -0.25) is 4.79 Å². The molecule has 1 saturated heterocycles. The number of carbonyl (C=O) groups is 1. The average Bonchev–Trinajstić information content (AvgIpc) is 2.89. The van der Waals surface area contributed by atoms with Gasteiger partial charge in [0.1, 0.15) is 5.75 Å². The molecule has 0 radical (unpaired) electrons. The first kappa shape index (κ1) is 13.4. The van der Waals surface area contributed by atoms with E-state index in [1.807, 2.05) is 24.3 Å². The van der Waals surface area contributed by atoms with Crippen LogP contribution in [0.2, 0.25) is 0 Å². The average molecular weight is 274 g/mol. The van der Waals surface area contributed by atoms with Crippen molar-refractivity contribution in [2.45, 2.75) is 25.8 Å². The van der Waals surface area contributed by atoms with Gasteiger partial charge in [-0.1, -0.05) is 13.3 Å². The van der Waals surface area contributed by atoms with Gasteiger partial charge in [-0.15, -0.1) is 0 Å². The Balaban J connectivity index is 1.50. The van der Waals surface area contributed by atoms with E-state index in [-0.39, 0.29) is 5.91 Å². The highest BCUT2D eigenvalue weighted by molar-refractivity contribution is 5.94. The van der Waals surface area contributed by atoms with Crippen LogP contribution < -0.4 is 15.4 Å². The highest BCUT2D eigenvalue weighted by Gasteiger charge is 2.53. The van der Waals surface area contributed by atoms with E-state index in [2.05, 4.69) is 17.6 Å². The Morgan fingerprint density at radius 1 is 1.30 bits per heavy atom. The van der Waals surface area contributed by atoms with E-state index in [1.165, 1.54) is 0 Å². The molecule has 2 fully saturated rings. The molecule has 2 atom stereocenters. The van der Waals surface area contributed by atoms with Gasteiger partial charge in [0.25, 0.3) is 5.91 Å². The predicted octanol–water partition coefficient (Wildman–Crippen LogP) is 1.81. The van der Waals surface area contributed by atoms with Crippen LogP contribution in [0, 0.1) is 11.8 Å². The van der Waals surface area contributed by atoms with Gasteiger partial charge in [-0.25, -0.2) is 0 Å². The molecule has 3 rings (SSSR count). The highest BCUT2D eigenvalue weighted by atomic mass is 16.5. The first-order valence-electron chi connectivity index (χ1n) is 7.54. The van der Waals surface area contributed by atoms with Gasteiger partial charge in [0.2, 0.25) is 0 Å². The summed E-state index contributed by atoms with van der Waals surface area (Å²) in [5.74, 6) is 2.17. The lowest BCUT2D eigenvalue weighted by Crippen LogP contribution is -2.32. The van der Waals surface area contributed by atoms with Gasteiger partial charge < -0.3 is 15.4 Å². The van der Waals surface area contributed by atoms with Crippen molar-refractivity contribution in [3.05, 3.63) is 29.8 Å². The molecule has 20 heavy (non-hydrogen) atoms. The Labute approximate surface area is 119 Å². The Kier molecular flexibility index (Phi) is 3.92. The van der Waals surface area contributed by atoms with E-state index in [9.17, 15) is 4.79 Å². The number of nitrogens with one attached hydrogen (secondary N) is 2. The van der Waals surface area contributed by atoms with Gasteiger partial charge in [0.15, 0.2) is 0 Å². The summed E-state index contributed by atoms with van der Waals surface area (Å²) in [5, 5.41) is 6.45. The second kappa shape index (κ2) is 5.83. The van der Waals surface area contributed by atoms with E-state index in [1.54, 1.807) is 0 Å². The zero-order valence-corrected chi connectivity index (χ0v) is 11.9. The number of carbonyl (C=O) groups excluding carboxylic acids is 1. The zero-order chi connectivity index (χ0) is 13.9. The van der Waals surface area contributed by atoms with Crippen molar-refractivity contribution in [2.24, 2.45) is 11.8 Å². The van der Waals surface area contributed by atoms with Gasteiger partial charge in [-0.05, 0) is 42.5 Å². The Morgan fingerprint density at radius 3 is 2.65 bits per heavy atom. The fourth-order valence-corrected chi connectivity index (χ4v) is 2.90. The molecular formula is C16H22N2O2. The third-order valence-corrected chi connectivity index (χ3v) is 4.27. The maximum atomic E-state index is 12.1. The fourth-order valence-electron chi connectivity index (χ4n) is 2.90. The summed E-state index contributed by atoms with van der Waals surface area (Å²) in [7, 11) is 0. The molecule has 4 heteroatoms. The van der Waals surface area contributed by atoms with Crippen LogP contribution in [0.25, 0.3) is 0 Å². The number of piperidine rings is 1. The van der Waals surface area contributed by atoms with Crippen LogP contribution >= 0.6 is 0 Å². The number of hydrogen-bond donors (Lipinski definition) is 2. The third kappa shape index (κ3) is 2.80. The Hall–Kier alpha value is -1.55. The smallest absolute Gasteiger partial charge is 0.251 e. The molecule has 2 unspecified atom stereocenters. The van der Waals surface area contributed by atoms with Crippen molar-refractivity contribution in [1.82, 2.24) is 10.6 Å². The normalized spacial score (nSPS) is 26.9. The molecule has 1 aromatic rings. The van der Waals surface area contributed by atoms with E-state index in [4.69, 9.17) is 4.74 Å². The molecule has 4 nitrogen and oxygen atoms in total. The Morgan fingerprint density at radius 2 is 2.00 bits per heavy atom. The van der Waals surface area contributed by atoms with Crippen LogP contribution in [0.3, 0.4) is 0 Å². The summed E-state index contributed by atoms with van der Waals surface area (Å²) in [6.07, 6.45) is 2.18. The molecule has 2 aliphatic rings. The Bertz CT molecular complexity index is 462. The summed E-state index contributed by atoms with van der Waals surface area (Å²) in [5.41, 5.74) is 0.714. The first-order chi connectivity index (χ1) is 9.79. The topological polar surface area (TPSA) is 50.4 Å². The summed E-state index contributed by atoms with van der Waals surface area (Å²) in [6.45, 7) is 4.96. The molecule has 1 aromatic carbocycles. The van der Waals surface area contributed by atoms with Crippen LogP contribution in [0.4, 0.5) is 0 Å². The van der Waals surface area contributed by atoms with Gasteiger partial charge >= 0.3 is 0 Å². The van der Waals surface area contributed by atoms with Gasteiger partial charge in [-0.2, -0.15) is 0 Å². The van der Waals surface area contributed by atoms with Crippen molar-refractivity contribution in [3.8, 4) is 5.75 Å². The maximum absolute atomic E-state index is 12.1. The number of hydrogen-bond acceptors (Lipinski definition) is 3. The van der Waals surface area contributed by atoms with Crippen LogP contribution in [0.5, 0.6) is 5.75 Å². The zero-order valence-electron chi connectivity index (χ0n) is 11.9. The molecule has 0 spiro atoms. The lowest BCUT2D eigenvalue weighted by atomic mass is 10.2. The minimum Gasteiger partial charge on any atom is -0.494 e. The van der Waals surface area contributed by atoms with Gasteiger partial charge in [0, 0.05) is 24.7 Å². The summed E-state index contributed by atoms with van der Waals surface area (Å²) >= 11 is 0. The molecule has 1 heterocycles. The fraction of sp³-hybridized carbons (Fsp3) is 0.562. The minimum atomic E-state index is 0.0320. The maximum Gasteiger partial charge on any atom is 0.251 e. The minimum absolute atomic E-state index is 0.0320. The molecule has 108 valence electrons. The molecular weight excluding hydrogens is 252 g/mol. The second-order valence-electron chi connectivity index (χ2n) is 5.71. The quantitative estimate of drug-likeness (QED) is 0.778. The summed E-state index contributed by atoms with van der Waals surface area (Å²) in [6, 6.07) is 7.81. The number of ether oxygens (including phenoxy) is 1. The van der Waals surface area contributed by atoms with E-state index in [0.717, 1.165) is 38.3 Å². The van der Waals surface area contributed by atoms with Crippen molar-refractivity contribution in [3.63, 3.8) is 0 Å². The molecule has 1 aliphatic heterocycles.